The molecule has 3 nitrogen and oxygen atoms in total. The predicted molar refractivity (Wildman–Crippen MR) is 71.6 cm³/mol. The SMILES string of the molecule is CC(C)Cn1nc(C(C)(C)C)cc(CCl)c1=O. The maximum Gasteiger partial charge on any atom is 0.271 e. The van der Waals surface area contributed by atoms with Crippen LogP contribution >= 0.6 is 11.6 Å². The second-order valence-corrected chi connectivity index (χ2v) is 6.09. The molecule has 0 spiro atoms. The lowest BCUT2D eigenvalue weighted by molar-refractivity contribution is 0.436. The van der Waals surface area contributed by atoms with Crippen molar-refractivity contribution >= 4 is 11.6 Å². The van der Waals surface area contributed by atoms with Crippen molar-refractivity contribution in [3.8, 4) is 0 Å². The van der Waals surface area contributed by atoms with Crippen molar-refractivity contribution < 1.29 is 0 Å². The van der Waals surface area contributed by atoms with Gasteiger partial charge in [-0.25, -0.2) is 4.68 Å². The van der Waals surface area contributed by atoms with E-state index in [4.69, 9.17) is 11.6 Å². The Balaban J connectivity index is 3.34. The minimum Gasteiger partial charge on any atom is -0.267 e. The van der Waals surface area contributed by atoms with Gasteiger partial charge in [-0.15, -0.1) is 11.6 Å². The third kappa shape index (κ3) is 3.56. The summed E-state index contributed by atoms with van der Waals surface area (Å²) in [6.45, 7) is 11.0. The van der Waals surface area contributed by atoms with Crippen LogP contribution in [0.25, 0.3) is 0 Å². The molecule has 0 N–H and O–H groups in total. The number of hydrogen-bond donors (Lipinski definition) is 0. The van der Waals surface area contributed by atoms with E-state index in [1.807, 2.05) is 6.07 Å². The highest BCUT2D eigenvalue weighted by atomic mass is 35.5. The summed E-state index contributed by atoms with van der Waals surface area (Å²) in [5, 5.41) is 4.44. The number of alkyl halides is 1. The molecule has 0 saturated carbocycles. The maximum atomic E-state index is 12.0. The summed E-state index contributed by atoms with van der Waals surface area (Å²) in [6.07, 6.45) is 0. The average Bonchev–Trinajstić information content (AvgIpc) is 2.18. The van der Waals surface area contributed by atoms with Crippen molar-refractivity contribution in [2.45, 2.75) is 52.5 Å². The van der Waals surface area contributed by atoms with Crippen LogP contribution in [0.3, 0.4) is 0 Å². The van der Waals surface area contributed by atoms with Crippen molar-refractivity contribution in [1.82, 2.24) is 9.78 Å². The van der Waals surface area contributed by atoms with E-state index in [0.717, 1.165) is 5.69 Å². The summed E-state index contributed by atoms with van der Waals surface area (Å²) >= 11 is 5.82. The van der Waals surface area contributed by atoms with Gasteiger partial charge in [0.15, 0.2) is 0 Å². The molecule has 96 valence electrons. The second-order valence-electron chi connectivity index (χ2n) is 5.82. The quantitative estimate of drug-likeness (QED) is 0.780. The summed E-state index contributed by atoms with van der Waals surface area (Å²) in [6, 6.07) is 1.83. The van der Waals surface area contributed by atoms with Gasteiger partial charge in [-0.1, -0.05) is 34.6 Å². The van der Waals surface area contributed by atoms with E-state index >= 15 is 0 Å². The Morgan fingerprint density at radius 1 is 1.41 bits per heavy atom. The summed E-state index contributed by atoms with van der Waals surface area (Å²) < 4.78 is 1.54. The molecule has 0 bridgehead atoms. The van der Waals surface area contributed by atoms with E-state index in [1.165, 1.54) is 0 Å². The summed E-state index contributed by atoms with van der Waals surface area (Å²) in [7, 11) is 0. The zero-order valence-electron chi connectivity index (χ0n) is 11.2. The Labute approximate surface area is 108 Å². The molecule has 0 saturated heterocycles. The molecule has 1 aromatic heterocycles. The normalized spacial score (nSPS) is 12.2. The fourth-order valence-corrected chi connectivity index (χ4v) is 1.72. The Morgan fingerprint density at radius 3 is 2.41 bits per heavy atom. The molecule has 0 radical (unpaired) electrons. The van der Waals surface area contributed by atoms with Gasteiger partial charge >= 0.3 is 0 Å². The zero-order chi connectivity index (χ0) is 13.2. The lowest BCUT2D eigenvalue weighted by Gasteiger charge is -2.20. The molecule has 0 aliphatic carbocycles. The van der Waals surface area contributed by atoms with Crippen molar-refractivity contribution in [2.75, 3.05) is 0 Å². The average molecular weight is 257 g/mol. The summed E-state index contributed by atoms with van der Waals surface area (Å²) in [4.78, 5) is 12.0. The predicted octanol–water partition coefficient (Wildman–Crippen LogP) is 2.94. The van der Waals surface area contributed by atoms with E-state index in [1.54, 1.807) is 4.68 Å². The monoisotopic (exact) mass is 256 g/mol. The minimum absolute atomic E-state index is 0.0679. The van der Waals surface area contributed by atoms with E-state index in [9.17, 15) is 4.79 Å². The van der Waals surface area contributed by atoms with Crippen molar-refractivity contribution in [3.05, 3.63) is 27.7 Å². The van der Waals surface area contributed by atoms with Gasteiger partial charge in [-0.2, -0.15) is 5.10 Å². The Morgan fingerprint density at radius 2 is 2.00 bits per heavy atom. The second kappa shape index (κ2) is 5.21. The van der Waals surface area contributed by atoms with Gasteiger partial charge < -0.3 is 0 Å². The standard InChI is InChI=1S/C13H21ClN2O/c1-9(2)8-16-12(17)10(7-14)6-11(15-16)13(3,4)5/h6,9H,7-8H2,1-5H3. The van der Waals surface area contributed by atoms with Gasteiger partial charge in [0.2, 0.25) is 0 Å². The van der Waals surface area contributed by atoms with Crippen LogP contribution < -0.4 is 5.56 Å². The molecule has 0 aliphatic rings. The number of rotatable bonds is 3. The van der Waals surface area contributed by atoms with Crippen molar-refractivity contribution in [3.63, 3.8) is 0 Å². The van der Waals surface area contributed by atoms with Crippen LogP contribution in [0.1, 0.15) is 45.9 Å². The molecule has 17 heavy (non-hydrogen) atoms. The Hall–Kier alpha value is -0.830. The zero-order valence-corrected chi connectivity index (χ0v) is 12.0. The highest BCUT2D eigenvalue weighted by molar-refractivity contribution is 6.17. The van der Waals surface area contributed by atoms with Crippen LogP contribution in [-0.4, -0.2) is 9.78 Å². The van der Waals surface area contributed by atoms with Gasteiger partial charge in [-0.05, 0) is 12.0 Å². The lowest BCUT2D eigenvalue weighted by Crippen LogP contribution is -2.31. The van der Waals surface area contributed by atoms with Crippen LogP contribution in [0.15, 0.2) is 10.9 Å². The highest BCUT2D eigenvalue weighted by Gasteiger charge is 2.19. The van der Waals surface area contributed by atoms with Crippen molar-refractivity contribution in [1.29, 1.82) is 0 Å². The molecule has 0 atom stereocenters. The molecular formula is C13H21ClN2O. The summed E-state index contributed by atoms with van der Waals surface area (Å²) in [5.74, 6) is 0.626. The minimum atomic E-state index is -0.0762. The summed E-state index contributed by atoms with van der Waals surface area (Å²) in [5.41, 5.74) is 1.40. The lowest BCUT2D eigenvalue weighted by atomic mass is 9.91. The molecule has 0 aromatic carbocycles. The van der Waals surface area contributed by atoms with Gasteiger partial charge in [0.1, 0.15) is 0 Å². The first kappa shape index (κ1) is 14.2. The largest absolute Gasteiger partial charge is 0.271 e. The molecule has 0 aliphatic heterocycles. The van der Waals surface area contributed by atoms with Gasteiger partial charge in [0.05, 0.1) is 11.6 Å². The third-order valence-electron chi connectivity index (χ3n) is 2.50. The molecule has 4 heteroatoms. The van der Waals surface area contributed by atoms with Gasteiger partial charge in [0, 0.05) is 17.5 Å². The fourth-order valence-electron chi connectivity index (χ4n) is 1.53. The van der Waals surface area contributed by atoms with E-state index in [-0.39, 0.29) is 16.9 Å². The van der Waals surface area contributed by atoms with Crippen molar-refractivity contribution in [2.24, 2.45) is 5.92 Å². The van der Waals surface area contributed by atoms with Crippen LogP contribution in [0.4, 0.5) is 0 Å². The van der Waals surface area contributed by atoms with E-state index < -0.39 is 0 Å². The molecule has 1 aromatic rings. The number of nitrogens with zero attached hydrogens (tertiary/aromatic N) is 2. The van der Waals surface area contributed by atoms with Crippen LogP contribution in [0.2, 0.25) is 0 Å². The molecule has 1 rings (SSSR count). The van der Waals surface area contributed by atoms with Crippen LogP contribution in [0.5, 0.6) is 0 Å². The molecule has 1 heterocycles. The smallest absolute Gasteiger partial charge is 0.267 e. The topological polar surface area (TPSA) is 34.9 Å². The van der Waals surface area contributed by atoms with Crippen LogP contribution in [0, 0.1) is 5.92 Å². The van der Waals surface area contributed by atoms with E-state index in [0.29, 0.717) is 18.0 Å². The highest BCUT2D eigenvalue weighted by Crippen LogP contribution is 2.20. The van der Waals surface area contributed by atoms with Crippen LogP contribution in [-0.2, 0) is 17.8 Å². The third-order valence-corrected chi connectivity index (χ3v) is 2.79. The molecule has 0 unspecified atom stereocenters. The first-order chi connectivity index (χ1) is 7.75. The first-order valence-corrected chi connectivity index (χ1v) is 6.46. The van der Waals surface area contributed by atoms with Gasteiger partial charge in [-0.3, -0.25) is 4.79 Å². The molecular weight excluding hydrogens is 236 g/mol. The Kier molecular flexibility index (Phi) is 4.36. The molecule has 0 fully saturated rings. The van der Waals surface area contributed by atoms with Gasteiger partial charge in [0.25, 0.3) is 5.56 Å². The number of halogens is 1. The maximum absolute atomic E-state index is 12.0. The fraction of sp³-hybridized carbons (Fsp3) is 0.692. The number of aromatic nitrogens is 2. The first-order valence-electron chi connectivity index (χ1n) is 5.93. The number of hydrogen-bond acceptors (Lipinski definition) is 2. The Bertz CT molecular complexity index is 444. The van der Waals surface area contributed by atoms with E-state index in [2.05, 4.69) is 39.7 Å². The molecule has 0 amide bonds.